The summed E-state index contributed by atoms with van der Waals surface area (Å²) in [5, 5.41) is 13.0. The summed E-state index contributed by atoms with van der Waals surface area (Å²) in [6.45, 7) is 3.87. The van der Waals surface area contributed by atoms with E-state index in [-0.39, 0.29) is 11.7 Å². The SMILES string of the molecule is Cc1cccc(CC(c2cccc(Cl)c2Cl)c2ccc3ccc(C)nc3c2O)n1. The van der Waals surface area contributed by atoms with E-state index in [0.29, 0.717) is 22.0 Å². The first-order valence-corrected chi connectivity index (χ1v) is 10.2. The van der Waals surface area contributed by atoms with Crippen molar-refractivity contribution in [2.45, 2.75) is 26.2 Å². The summed E-state index contributed by atoms with van der Waals surface area (Å²) in [5.41, 5.74) is 4.90. The van der Waals surface area contributed by atoms with E-state index in [9.17, 15) is 5.11 Å². The highest BCUT2D eigenvalue weighted by Crippen LogP contribution is 2.41. The number of pyridine rings is 2. The average Bonchev–Trinajstić information content (AvgIpc) is 2.70. The number of fused-ring (bicyclic) bond motifs is 1. The van der Waals surface area contributed by atoms with Gasteiger partial charge in [-0.15, -0.1) is 0 Å². The Morgan fingerprint density at radius 2 is 1.55 bits per heavy atom. The van der Waals surface area contributed by atoms with Crippen LogP contribution in [0.5, 0.6) is 5.75 Å². The molecule has 0 saturated heterocycles. The molecule has 0 amide bonds. The number of halogens is 2. The summed E-state index contributed by atoms with van der Waals surface area (Å²) in [4.78, 5) is 9.20. The molecule has 0 bridgehead atoms. The third-order valence-corrected chi connectivity index (χ3v) is 5.93. The molecule has 0 aliphatic heterocycles. The summed E-state index contributed by atoms with van der Waals surface area (Å²) >= 11 is 12.9. The first kappa shape index (κ1) is 19.7. The standard InChI is InChI=1S/C24H20Cl2N2O/c1-14-5-3-6-17(27-14)13-20(18-7-4-8-21(25)22(18)26)19-12-11-16-10-9-15(2)28-23(16)24(19)29/h3-12,20,29H,13H2,1-2H3. The zero-order valence-electron chi connectivity index (χ0n) is 16.2. The van der Waals surface area contributed by atoms with Crippen molar-refractivity contribution in [1.29, 1.82) is 0 Å². The molecule has 2 aromatic carbocycles. The topological polar surface area (TPSA) is 46.0 Å². The summed E-state index contributed by atoms with van der Waals surface area (Å²) in [6.07, 6.45) is 0.576. The van der Waals surface area contributed by atoms with Gasteiger partial charge < -0.3 is 5.11 Å². The van der Waals surface area contributed by atoms with Gasteiger partial charge in [0, 0.05) is 40.4 Å². The Hall–Kier alpha value is -2.62. The van der Waals surface area contributed by atoms with Crippen LogP contribution in [0.25, 0.3) is 10.9 Å². The van der Waals surface area contributed by atoms with E-state index in [0.717, 1.165) is 33.6 Å². The van der Waals surface area contributed by atoms with Crippen molar-refractivity contribution in [1.82, 2.24) is 9.97 Å². The van der Waals surface area contributed by atoms with E-state index in [1.807, 2.05) is 68.4 Å². The maximum Gasteiger partial charge on any atom is 0.145 e. The van der Waals surface area contributed by atoms with Crippen LogP contribution in [-0.2, 0) is 6.42 Å². The maximum absolute atomic E-state index is 11.1. The van der Waals surface area contributed by atoms with E-state index in [2.05, 4.69) is 9.97 Å². The van der Waals surface area contributed by atoms with Crippen molar-refractivity contribution < 1.29 is 5.11 Å². The van der Waals surface area contributed by atoms with Gasteiger partial charge in [0.15, 0.2) is 0 Å². The molecule has 4 aromatic rings. The van der Waals surface area contributed by atoms with Gasteiger partial charge in [0.1, 0.15) is 11.3 Å². The van der Waals surface area contributed by atoms with Gasteiger partial charge in [0.05, 0.1) is 10.0 Å². The molecule has 2 aromatic heterocycles. The molecule has 0 fully saturated rings. The molecule has 5 heteroatoms. The van der Waals surface area contributed by atoms with Crippen molar-refractivity contribution in [3.8, 4) is 5.75 Å². The highest BCUT2D eigenvalue weighted by Gasteiger charge is 2.24. The van der Waals surface area contributed by atoms with Crippen molar-refractivity contribution >= 4 is 34.1 Å². The Bertz CT molecular complexity index is 1210. The minimum Gasteiger partial charge on any atom is -0.505 e. The van der Waals surface area contributed by atoms with Crippen molar-refractivity contribution in [2.75, 3.05) is 0 Å². The number of nitrogens with zero attached hydrogens (tertiary/aromatic N) is 2. The molecule has 0 radical (unpaired) electrons. The van der Waals surface area contributed by atoms with Gasteiger partial charge in [-0.1, -0.05) is 59.6 Å². The van der Waals surface area contributed by atoms with Crippen LogP contribution >= 0.6 is 23.2 Å². The number of hydrogen-bond acceptors (Lipinski definition) is 3. The molecular formula is C24H20Cl2N2O. The number of hydrogen-bond donors (Lipinski definition) is 1. The van der Waals surface area contributed by atoms with Crippen LogP contribution in [0.15, 0.2) is 60.7 Å². The van der Waals surface area contributed by atoms with Gasteiger partial charge in [-0.25, -0.2) is 4.98 Å². The van der Waals surface area contributed by atoms with Gasteiger partial charge >= 0.3 is 0 Å². The van der Waals surface area contributed by atoms with Crippen LogP contribution in [0.2, 0.25) is 10.0 Å². The number of benzene rings is 2. The molecule has 0 aliphatic rings. The fourth-order valence-electron chi connectivity index (χ4n) is 3.67. The lowest BCUT2D eigenvalue weighted by molar-refractivity contribution is 0.469. The predicted octanol–water partition coefficient (Wildman–Crippen LogP) is 6.63. The third kappa shape index (κ3) is 3.93. The van der Waals surface area contributed by atoms with Gasteiger partial charge in [-0.05, 0) is 43.7 Å². The lowest BCUT2D eigenvalue weighted by atomic mass is 9.86. The van der Waals surface area contributed by atoms with Crippen molar-refractivity contribution in [3.05, 3.63) is 98.9 Å². The van der Waals surface area contributed by atoms with E-state index < -0.39 is 0 Å². The fraction of sp³-hybridized carbons (Fsp3) is 0.167. The largest absolute Gasteiger partial charge is 0.505 e. The molecule has 2 heterocycles. The van der Waals surface area contributed by atoms with E-state index in [1.54, 1.807) is 6.07 Å². The zero-order valence-corrected chi connectivity index (χ0v) is 17.7. The molecule has 29 heavy (non-hydrogen) atoms. The van der Waals surface area contributed by atoms with Gasteiger partial charge in [0.25, 0.3) is 0 Å². The zero-order chi connectivity index (χ0) is 20.5. The minimum absolute atomic E-state index is 0.167. The summed E-state index contributed by atoms with van der Waals surface area (Å²) < 4.78 is 0. The van der Waals surface area contributed by atoms with Crippen molar-refractivity contribution in [2.24, 2.45) is 0 Å². The molecule has 1 atom stereocenters. The van der Waals surface area contributed by atoms with Crippen LogP contribution in [0.4, 0.5) is 0 Å². The van der Waals surface area contributed by atoms with E-state index in [4.69, 9.17) is 23.2 Å². The number of aromatic nitrogens is 2. The average molecular weight is 423 g/mol. The third-order valence-electron chi connectivity index (χ3n) is 5.10. The minimum atomic E-state index is -0.220. The summed E-state index contributed by atoms with van der Waals surface area (Å²) in [6, 6.07) is 19.3. The second-order valence-corrected chi connectivity index (χ2v) is 7.98. The highest BCUT2D eigenvalue weighted by molar-refractivity contribution is 6.42. The Morgan fingerprint density at radius 1 is 0.828 bits per heavy atom. The molecule has 0 spiro atoms. The number of rotatable bonds is 4. The number of aryl methyl sites for hydroxylation is 2. The Morgan fingerprint density at radius 3 is 2.34 bits per heavy atom. The molecular weight excluding hydrogens is 403 g/mol. The quantitative estimate of drug-likeness (QED) is 0.401. The number of aromatic hydroxyl groups is 1. The Labute approximate surface area is 180 Å². The number of phenolic OH excluding ortho intramolecular Hbond substituents is 1. The Balaban J connectivity index is 1.91. The fourth-order valence-corrected chi connectivity index (χ4v) is 4.11. The Kier molecular flexibility index (Phi) is 5.44. The molecule has 3 nitrogen and oxygen atoms in total. The van der Waals surface area contributed by atoms with Crippen LogP contribution in [-0.4, -0.2) is 15.1 Å². The van der Waals surface area contributed by atoms with Gasteiger partial charge in [0.2, 0.25) is 0 Å². The molecule has 4 rings (SSSR count). The van der Waals surface area contributed by atoms with E-state index >= 15 is 0 Å². The maximum atomic E-state index is 11.1. The molecule has 1 N–H and O–H groups in total. The molecule has 146 valence electrons. The van der Waals surface area contributed by atoms with E-state index in [1.165, 1.54) is 0 Å². The first-order chi connectivity index (χ1) is 13.9. The monoisotopic (exact) mass is 422 g/mol. The lowest BCUT2D eigenvalue weighted by Crippen LogP contribution is -2.08. The molecule has 1 unspecified atom stereocenters. The predicted molar refractivity (Wildman–Crippen MR) is 119 cm³/mol. The lowest BCUT2D eigenvalue weighted by Gasteiger charge is -2.21. The number of phenols is 1. The van der Waals surface area contributed by atoms with Crippen LogP contribution in [0, 0.1) is 13.8 Å². The van der Waals surface area contributed by atoms with Crippen LogP contribution in [0.1, 0.15) is 34.1 Å². The van der Waals surface area contributed by atoms with Crippen LogP contribution in [0.3, 0.4) is 0 Å². The van der Waals surface area contributed by atoms with Gasteiger partial charge in [-0.2, -0.15) is 0 Å². The molecule has 0 saturated carbocycles. The first-order valence-electron chi connectivity index (χ1n) is 9.39. The van der Waals surface area contributed by atoms with Gasteiger partial charge in [-0.3, -0.25) is 4.98 Å². The van der Waals surface area contributed by atoms with Crippen LogP contribution < -0.4 is 0 Å². The molecule has 0 aliphatic carbocycles. The summed E-state index contributed by atoms with van der Waals surface area (Å²) in [7, 11) is 0. The smallest absolute Gasteiger partial charge is 0.145 e. The normalized spacial score (nSPS) is 12.3. The summed E-state index contributed by atoms with van der Waals surface area (Å²) in [5.74, 6) is -0.0536. The second kappa shape index (κ2) is 8.02. The van der Waals surface area contributed by atoms with Crippen molar-refractivity contribution in [3.63, 3.8) is 0 Å². The second-order valence-electron chi connectivity index (χ2n) is 7.20. The highest BCUT2D eigenvalue weighted by atomic mass is 35.5.